The van der Waals surface area contributed by atoms with Gasteiger partial charge in [0.2, 0.25) is 16.0 Å². The van der Waals surface area contributed by atoms with Crippen LogP contribution in [0.2, 0.25) is 0 Å². The number of sulfonamides is 1. The summed E-state index contributed by atoms with van der Waals surface area (Å²) in [7, 11) is -3.15. The molecule has 2 fully saturated rings. The molecule has 1 aromatic rings. The first-order valence-corrected chi connectivity index (χ1v) is 11.3. The molecule has 0 bridgehead atoms. The maximum atomic E-state index is 12.4. The molecule has 7 heteroatoms. The molecule has 0 radical (unpaired) electrons. The summed E-state index contributed by atoms with van der Waals surface area (Å²) in [4.78, 5) is 9.08. The largest absolute Gasteiger partial charge is 0.350 e. The highest BCUT2D eigenvalue weighted by Crippen LogP contribution is 2.33. The van der Waals surface area contributed by atoms with E-state index in [1.54, 1.807) is 4.31 Å². The Kier molecular flexibility index (Phi) is 6.28. The van der Waals surface area contributed by atoms with Crippen LogP contribution in [0, 0.1) is 0 Å². The van der Waals surface area contributed by atoms with Crippen LogP contribution in [0.15, 0.2) is 12.3 Å². The normalized spacial score (nSPS) is 23.5. The second-order valence-electron chi connectivity index (χ2n) is 7.30. The Labute approximate surface area is 151 Å². The van der Waals surface area contributed by atoms with Gasteiger partial charge in [0.1, 0.15) is 0 Å². The lowest BCUT2D eigenvalue weighted by atomic mass is 10.0. The first-order chi connectivity index (χ1) is 12.1. The summed E-state index contributed by atoms with van der Waals surface area (Å²) < 4.78 is 26.5. The van der Waals surface area contributed by atoms with Gasteiger partial charge in [-0.05, 0) is 38.2 Å². The molecule has 1 aliphatic heterocycles. The van der Waals surface area contributed by atoms with Crippen LogP contribution in [0.5, 0.6) is 0 Å². The third-order valence-corrected chi connectivity index (χ3v) is 7.32. The first kappa shape index (κ1) is 18.6. The van der Waals surface area contributed by atoms with Crippen molar-refractivity contribution in [2.75, 3.05) is 24.2 Å². The van der Waals surface area contributed by atoms with E-state index in [1.165, 1.54) is 25.7 Å². The summed E-state index contributed by atoms with van der Waals surface area (Å²) in [6.45, 7) is 3.05. The fraction of sp³-hybridized carbons (Fsp3) is 0.778. The molecule has 3 rings (SSSR count). The van der Waals surface area contributed by atoms with Gasteiger partial charge in [-0.25, -0.2) is 18.4 Å². The molecule has 0 amide bonds. The molecule has 0 spiro atoms. The van der Waals surface area contributed by atoms with Crippen molar-refractivity contribution in [1.82, 2.24) is 14.3 Å². The number of nitrogens with one attached hydrogen (secondary N) is 1. The Bertz CT molecular complexity index is 659. The van der Waals surface area contributed by atoms with Crippen LogP contribution in [0.4, 0.5) is 5.95 Å². The summed E-state index contributed by atoms with van der Waals surface area (Å²) in [6.07, 6.45) is 10.4. The number of hydrogen-bond donors (Lipinski definition) is 1. The molecule has 2 aliphatic rings. The highest BCUT2D eigenvalue weighted by atomic mass is 32.2. The van der Waals surface area contributed by atoms with Gasteiger partial charge in [0, 0.05) is 36.9 Å². The van der Waals surface area contributed by atoms with Gasteiger partial charge in [-0.1, -0.05) is 26.2 Å². The Morgan fingerprint density at radius 1 is 1.20 bits per heavy atom. The van der Waals surface area contributed by atoms with Crippen molar-refractivity contribution >= 4 is 16.0 Å². The molecule has 25 heavy (non-hydrogen) atoms. The topological polar surface area (TPSA) is 75.2 Å². The monoisotopic (exact) mass is 366 g/mol. The average molecular weight is 367 g/mol. The van der Waals surface area contributed by atoms with Gasteiger partial charge >= 0.3 is 0 Å². The number of nitrogens with zero attached hydrogens (tertiary/aromatic N) is 3. The number of hydrogen-bond acceptors (Lipinski definition) is 5. The molecule has 0 aromatic carbocycles. The lowest BCUT2D eigenvalue weighted by Crippen LogP contribution is -2.40. The molecule has 1 atom stereocenters. The minimum atomic E-state index is -3.15. The lowest BCUT2D eigenvalue weighted by Gasteiger charge is -2.24. The van der Waals surface area contributed by atoms with E-state index in [0.29, 0.717) is 31.4 Å². The zero-order chi connectivity index (χ0) is 17.7. The van der Waals surface area contributed by atoms with E-state index < -0.39 is 10.0 Å². The van der Waals surface area contributed by atoms with Crippen LogP contribution in [0.3, 0.4) is 0 Å². The number of anilines is 1. The summed E-state index contributed by atoms with van der Waals surface area (Å²) in [5.74, 6) is 1.43. The lowest BCUT2D eigenvalue weighted by molar-refractivity contribution is 0.412. The Hall–Kier alpha value is -1.21. The van der Waals surface area contributed by atoms with Crippen molar-refractivity contribution in [1.29, 1.82) is 0 Å². The quantitative estimate of drug-likeness (QED) is 0.837. The van der Waals surface area contributed by atoms with Crippen LogP contribution in [0.1, 0.15) is 69.9 Å². The summed E-state index contributed by atoms with van der Waals surface area (Å²) >= 11 is 0. The molecule has 1 saturated heterocycles. The smallest absolute Gasteiger partial charge is 0.223 e. The van der Waals surface area contributed by atoms with Gasteiger partial charge in [-0.2, -0.15) is 4.31 Å². The third kappa shape index (κ3) is 4.91. The number of rotatable bonds is 6. The molecule has 1 saturated carbocycles. The van der Waals surface area contributed by atoms with E-state index in [-0.39, 0.29) is 11.8 Å². The predicted octanol–water partition coefficient (Wildman–Crippen LogP) is 3.14. The van der Waals surface area contributed by atoms with Crippen LogP contribution in [-0.4, -0.2) is 47.6 Å². The van der Waals surface area contributed by atoms with Crippen LogP contribution >= 0.6 is 0 Å². The standard InChI is InChI=1S/C18H30N4O2S/c1-2-13-25(23,24)22-12-6-5-9-16(14-22)20-18-19-11-10-17(21-18)15-7-3-4-8-15/h10-11,15-16H,2-9,12-14H2,1H3,(H,19,20,21). The van der Waals surface area contributed by atoms with Crippen LogP contribution < -0.4 is 5.32 Å². The van der Waals surface area contributed by atoms with Crippen LogP contribution in [0.25, 0.3) is 0 Å². The fourth-order valence-corrected chi connectivity index (χ4v) is 5.53. The molecule has 6 nitrogen and oxygen atoms in total. The zero-order valence-electron chi connectivity index (χ0n) is 15.2. The first-order valence-electron chi connectivity index (χ1n) is 9.66. The Balaban J connectivity index is 1.67. The minimum Gasteiger partial charge on any atom is -0.350 e. The Morgan fingerprint density at radius 3 is 2.72 bits per heavy atom. The second kappa shape index (κ2) is 8.45. The highest BCUT2D eigenvalue weighted by molar-refractivity contribution is 7.89. The van der Waals surface area contributed by atoms with Crippen molar-refractivity contribution in [2.45, 2.75) is 70.3 Å². The van der Waals surface area contributed by atoms with E-state index in [9.17, 15) is 8.42 Å². The maximum Gasteiger partial charge on any atom is 0.223 e. The van der Waals surface area contributed by atoms with Crippen molar-refractivity contribution in [2.24, 2.45) is 0 Å². The van der Waals surface area contributed by atoms with Gasteiger partial charge in [0.25, 0.3) is 0 Å². The van der Waals surface area contributed by atoms with Gasteiger partial charge < -0.3 is 5.32 Å². The van der Waals surface area contributed by atoms with Crippen LogP contribution in [-0.2, 0) is 10.0 Å². The van der Waals surface area contributed by atoms with E-state index in [0.717, 1.165) is 25.0 Å². The molecule has 1 N–H and O–H groups in total. The summed E-state index contributed by atoms with van der Waals surface area (Å²) in [6, 6.07) is 2.10. The van der Waals surface area contributed by atoms with E-state index in [2.05, 4.69) is 10.3 Å². The molecule has 1 aliphatic carbocycles. The second-order valence-corrected chi connectivity index (χ2v) is 9.39. The van der Waals surface area contributed by atoms with Gasteiger partial charge in [-0.15, -0.1) is 0 Å². The van der Waals surface area contributed by atoms with Crippen molar-refractivity contribution in [3.63, 3.8) is 0 Å². The van der Waals surface area contributed by atoms with Crippen molar-refractivity contribution in [3.05, 3.63) is 18.0 Å². The van der Waals surface area contributed by atoms with Gasteiger partial charge in [-0.3, -0.25) is 0 Å². The third-order valence-electron chi connectivity index (χ3n) is 5.27. The summed E-state index contributed by atoms with van der Waals surface area (Å²) in [5, 5.41) is 3.40. The fourth-order valence-electron chi connectivity index (χ4n) is 3.94. The van der Waals surface area contributed by atoms with Crippen molar-refractivity contribution in [3.8, 4) is 0 Å². The van der Waals surface area contributed by atoms with Crippen molar-refractivity contribution < 1.29 is 8.42 Å². The predicted molar refractivity (Wildman–Crippen MR) is 100 cm³/mol. The maximum absolute atomic E-state index is 12.4. The number of aromatic nitrogens is 2. The van der Waals surface area contributed by atoms with Gasteiger partial charge in [0.15, 0.2) is 0 Å². The molecule has 2 heterocycles. The molecule has 1 aromatic heterocycles. The Morgan fingerprint density at radius 2 is 1.96 bits per heavy atom. The van der Waals surface area contributed by atoms with E-state index in [1.807, 2.05) is 19.2 Å². The summed E-state index contributed by atoms with van der Waals surface area (Å²) in [5.41, 5.74) is 1.12. The van der Waals surface area contributed by atoms with Gasteiger partial charge in [0.05, 0.1) is 5.75 Å². The molecular weight excluding hydrogens is 336 g/mol. The zero-order valence-corrected chi connectivity index (χ0v) is 16.0. The SMILES string of the molecule is CCCS(=O)(=O)N1CCCCC(Nc2nccc(C3CCCC3)n2)C1. The van der Waals surface area contributed by atoms with E-state index >= 15 is 0 Å². The molecule has 140 valence electrons. The average Bonchev–Trinajstić information content (AvgIpc) is 3.02. The molecule has 1 unspecified atom stereocenters. The highest BCUT2D eigenvalue weighted by Gasteiger charge is 2.27. The van der Waals surface area contributed by atoms with E-state index in [4.69, 9.17) is 4.98 Å². The minimum absolute atomic E-state index is 0.0768. The molecular formula is C18H30N4O2S.